The first-order valence-electron chi connectivity index (χ1n) is 7.83. The zero-order valence-corrected chi connectivity index (χ0v) is 12.3. The minimum absolute atomic E-state index is 0.291. The smallest absolute Gasteiger partial charge is 0.223 e. The molecule has 2 nitrogen and oxygen atoms in total. The average Bonchev–Trinajstić information content (AvgIpc) is 2.47. The predicted octanol–water partition coefficient (Wildman–Crippen LogP) is 4.32. The highest BCUT2D eigenvalue weighted by Gasteiger charge is 2.12. The number of allylic oxidation sites excluding steroid dienone is 1. The molecule has 0 N–H and O–H groups in total. The summed E-state index contributed by atoms with van der Waals surface area (Å²) in [6.07, 6.45) is 12.3. The first-order chi connectivity index (χ1) is 9.86. The molecular formula is C18H25NO. The van der Waals surface area contributed by atoms with E-state index in [1.54, 1.807) is 0 Å². The largest absolute Gasteiger partial charge is 0.335 e. The quantitative estimate of drug-likeness (QED) is 0.734. The zero-order chi connectivity index (χ0) is 14.0. The SMILES string of the molecule is O=C1CCCCCCC/C=C\CN1Cc1ccccc1. The molecule has 1 aromatic carbocycles. The summed E-state index contributed by atoms with van der Waals surface area (Å²) >= 11 is 0. The molecule has 0 saturated heterocycles. The van der Waals surface area contributed by atoms with E-state index in [1.807, 2.05) is 23.1 Å². The van der Waals surface area contributed by atoms with Gasteiger partial charge in [0.25, 0.3) is 0 Å². The average molecular weight is 271 g/mol. The minimum Gasteiger partial charge on any atom is -0.335 e. The Labute approximate surface area is 122 Å². The lowest BCUT2D eigenvalue weighted by molar-refractivity contribution is -0.131. The molecule has 0 aromatic heterocycles. The second-order valence-corrected chi connectivity index (χ2v) is 5.54. The Morgan fingerprint density at radius 1 is 0.900 bits per heavy atom. The normalized spacial score (nSPS) is 20.0. The van der Waals surface area contributed by atoms with E-state index in [1.165, 1.54) is 31.2 Å². The molecule has 20 heavy (non-hydrogen) atoms. The first-order valence-corrected chi connectivity index (χ1v) is 7.83. The van der Waals surface area contributed by atoms with Crippen molar-refractivity contribution in [3.05, 3.63) is 48.0 Å². The number of carbonyl (C=O) groups excluding carboxylic acids is 1. The molecule has 0 saturated carbocycles. The number of amides is 1. The van der Waals surface area contributed by atoms with Crippen molar-refractivity contribution in [2.75, 3.05) is 6.54 Å². The van der Waals surface area contributed by atoms with Gasteiger partial charge >= 0.3 is 0 Å². The van der Waals surface area contributed by atoms with Crippen molar-refractivity contribution in [3.63, 3.8) is 0 Å². The summed E-state index contributed by atoms with van der Waals surface area (Å²) in [7, 11) is 0. The Hall–Kier alpha value is -1.57. The number of hydrogen-bond donors (Lipinski definition) is 0. The molecule has 1 amide bonds. The topological polar surface area (TPSA) is 20.3 Å². The van der Waals surface area contributed by atoms with Crippen LogP contribution >= 0.6 is 0 Å². The Kier molecular flexibility index (Phi) is 6.36. The predicted molar refractivity (Wildman–Crippen MR) is 83.3 cm³/mol. The second-order valence-electron chi connectivity index (χ2n) is 5.54. The minimum atomic E-state index is 0.291. The Balaban J connectivity index is 1.98. The first kappa shape index (κ1) is 14.8. The third-order valence-corrected chi connectivity index (χ3v) is 3.82. The molecule has 108 valence electrons. The van der Waals surface area contributed by atoms with Crippen molar-refractivity contribution in [1.29, 1.82) is 0 Å². The molecule has 0 fully saturated rings. The highest BCUT2D eigenvalue weighted by molar-refractivity contribution is 5.76. The molecular weight excluding hydrogens is 246 g/mol. The van der Waals surface area contributed by atoms with Crippen LogP contribution in [0.2, 0.25) is 0 Å². The van der Waals surface area contributed by atoms with Gasteiger partial charge in [-0.25, -0.2) is 0 Å². The van der Waals surface area contributed by atoms with E-state index in [4.69, 9.17) is 0 Å². The van der Waals surface area contributed by atoms with Crippen molar-refractivity contribution in [1.82, 2.24) is 4.90 Å². The van der Waals surface area contributed by atoms with Gasteiger partial charge in [-0.15, -0.1) is 0 Å². The van der Waals surface area contributed by atoms with Gasteiger partial charge in [0.2, 0.25) is 5.91 Å². The molecule has 1 aliphatic rings. The van der Waals surface area contributed by atoms with Gasteiger partial charge < -0.3 is 4.90 Å². The maximum absolute atomic E-state index is 12.3. The van der Waals surface area contributed by atoms with Crippen LogP contribution in [-0.4, -0.2) is 17.4 Å². The number of nitrogens with zero attached hydrogens (tertiary/aromatic N) is 1. The molecule has 1 aromatic rings. The summed E-state index contributed by atoms with van der Waals surface area (Å²) in [6.45, 7) is 1.47. The van der Waals surface area contributed by atoms with E-state index < -0.39 is 0 Å². The van der Waals surface area contributed by atoms with Gasteiger partial charge in [-0.05, 0) is 24.8 Å². The number of rotatable bonds is 2. The molecule has 0 aliphatic carbocycles. The Bertz CT molecular complexity index is 424. The fraction of sp³-hybridized carbons (Fsp3) is 0.500. The lowest BCUT2D eigenvalue weighted by atomic mass is 10.1. The number of carbonyl (C=O) groups is 1. The van der Waals surface area contributed by atoms with Crippen LogP contribution in [0.5, 0.6) is 0 Å². The fourth-order valence-electron chi connectivity index (χ4n) is 2.60. The van der Waals surface area contributed by atoms with E-state index in [2.05, 4.69) is 24.3 Å². The van der Waals surface area contributed by atoms with Gasteiger partial charge in [-0.3, -0.25) is 4.79 Å². The summed E-state index contributed by atoms with van der Waals surface area (Å²) < 4.78 is 0. The highest BCUT2D eigenvalue weighted by Crippen LogP contribution is 2.12. The standard InChI is InChI=1S/C18H25NO/c20-18-14-10-5-3-1-2-4-6-11-15-19(18)16-17-12-8-7-9-13-17/h6-9,11-13H,1-5,10,14-16H2/b11-6-. The van der Waals surface area contributed by atoms with Crippen LogP contribution < -0.4 is 0 Å². The molecule has 0 bridgehead atoms. The molecule has 0 atom stereocenters. The highest BCUT2D eigenvalue weighted by atomic mass is 16.2. The third kappa shape index (κ3) is 5.20. The lowest BCUT2D eigenvalue weighted by Gasteiger charge is -2.22. The van der Waals surface area contributed by atoms with Crippen molar-refractivity contribution in [2.45, 2.75) is 51.5 Å². The zero-order valence-electron chi connectivity index (χ0n) is 12.3. The van der Waals surface area contributed by atoms with E-state index in [0.29, 0.717) is 12.3 Å². The molecule has 1 aliphatic heterocycles. The molecule has 0 unspecified atom stereocenters. The van der Waals surface area contributed by atoms with Crippen molar-refractivity contribution in [2.24, 2.45) is 0 Å². The summed E-state index contributed by atoms with van der Waals surface area (Å²) in [5.41, 5.74) is 1.21. The Morgan fingerprint density at radius 2 is 1.65 bits per heavy atom. The van der Waals surface area contributed by atoms with Crippen molar-refractivity contribution < 1.29 is 4.79 Å². The van der Waals surface area contributed by atoms with E-state index >= 15 is 0 Å². The van der Waals surface area contributed by atoms with Crippen LogP contribution in [0, 0.1) is 0 Å². The number of benzene rings is 1. The third-order valence-electron chi connectivity index (χ3n) is 3.82. The van der Waals surface area contributed by atoms with E-state index in [9.17, 15) is 4.79 Å². The van der Waals surface area contributed by atoms with E-state index in [0.717, 1.165) is 25.9 Å². The van der Waals surface area contributed by atoms with Gasteiger partial charge in [-0.2, -0.15) is 0 Å². The van der Waals surface area contributed by atoms with Gasteiger partial charge in [-0.1, -0.05) is 61.7 Å². The van der Waals surface area contributed by atoms with Crippen LogP contribution in [-0.2, 0) is 11.3 Å². The van der Waals surface area contributed by atoms with Gasteiger partial charge in [0.15, 0.2) is 0 Å². The fourth-order valence-corrected chi connectivity index (χ4v) is 2.60. The molecule has 0 radical (unpaired) electrons. The van der Waals surface area contributed by atoms with Crippen LogP contribution in [0.15, 0.2) is 42.5 Å². The van der Waals surface area contributed by atoms with Crippen LogP contribution in [0.25, 0.3) is 0 Å². The van der Waals surface area contributed by atoms with Crippen LogP contribution in [0.3, 0.4) is 0 Å². The van der Waals surface area contributed by atoms with Crippen LogP contribution in [0.4, 0.5) is 0 Å². The Morgan fingerprint density at radius 3 is 2.50 bits per heavy atom. The molecule has 2 rings (SSSR count). The van der Waals surface area contributed by atoms with E-state index in [-0.39, 0.29) is 0 Å². The second kappa shape index (κ2) is 8.57. The maximum atomic E-state index is 12.3. The van der Waals surface area contributed by atoms with Crippen molar-refractivity contribution >= 4 is 5.91 Å². The van der Waals surface area contributed by atoms with Gasteiger partial charge in [0.05, 0.1) is 0 Å². The molecule has 1 heterocycles. The lowest BCUT2D eigenvalue weighted by Crippen LogP contribution is -2.30. The molecule has 2 heteroatoms. The van der Waals surface area contributed by atoms with Crippen molar-refractivity contribution in [3.8, 4) is 0 Å². The summed E-state index contributed by atoms with van der Waals surface area (Å²) in [5.74, 6) is 0.291. The molecule has 0 spiro atoms. The maximum Gasteiger partial charge on any atom is 0.223 e. The monoisotopic (exact) mass is 271 g/mol. The summed E-state index contributed by atoms with van der Waals surface area (Å²) in [5, 5.41) is 0. The van der Waals surface area contributed by atoms with Gasteiger partial charge in [0.1, 0.15) is 0 Å². The summed E-state index contributed by atoms with van der Waals surface area (Å²) in [6, 6.07) is 10.3. The number of hydrogen-bond acceptors (Lipinski definition) is 1. The van der Waals surface area contributed by atoms with Gasteiger partial charge in [0, 0.05) is 19.5 Å². The summed E-state index contributed by atoms with van der Waals surface area (Å²) in [4.78, 5) is 14.3. The van der Waals surface area contributed by atoms with Crippen LogP contribution in [0.1, 0.15) is 50.5 Å².